The number of hydrogen-bond acceptors (Lipinski definition) is 7. The Labute approximate surface area is 174 Å². The van der Waals surface area contributed by atoms with E-state index in [2.05, 4.69) is 0 Å². The minimum absolute atomic E-state index is 0.190. The zero-order chi connectivity index (χ0) is 21.1. The molecule has 0 aromatic heterocycles. The summed E-state index contributed by atoms with van der Waals surface area (Å²) in [5, 5.41) is 0.380. The van der Waals surface area contributed by atoms with Crippen LogP contribution in [0.4, 0.5) is 0 Å². The molecule has 5 nitrogen and oxygen atoms in total. The maximum atomic E-state index is 12.2. The van der Waals surface area contributed by atoms with E-state index < -0.39 is 7.60 Å². The van der Waals surface area contributed by atoms with Crippen LogP contribution in [0.15, 0.2) is 0 Å². The first-order valence-electron chi connectivity index (χ1n) is 9.47. The zero-order valence-electron chi connectivity index (χ0n) is 18.0. The molecule has 0 heterocycles. The molecule has 0 aromatic rings. The van der Waals surface area contributed by atoms with Crippen LogP contribution in [0.5, 0.6) is 0 Å². The molecule has 0 aliphatic rings. The van der Waals surface area contributed by atoms with Gasteiger partial charge in [-0.3, -0.25) is 14.2 Å². The van der Waals surface area contributed by atoms with Crippen molar-refractivity contribution in [2.24, 2.45) is 10.8 Å². The van der Waals surface area contributed by atoms with Gasteiger partial charge in [-0.25, -0.2) is 0 Å². The monoisotopic (exact) mass is 440 g/mol. The molecule has 0 amide bonds. The zero-order valence-corrected chi connectivity index (χ0v) is 20.5. The summed E-state index contributed by atoms with van der Waals surface area (Å²) in [5.41, 5.74) is -0.626. The summed E-state index contributed by atoms with van der Waals surface area (Å²) >= 11 is 2.69. The van der Waals surface area contributed by atoms with Crippen LogP contribution in [0.2, 0.25) is 0 Å². The average molecular weight is 441 g/mol. The van der Waals surface area contributed by atoms with E-state index in [0.29, 0.717) is 13.2 Å². The fourth-order valence-corrected chi connectivity index (χ4v) is 4.60. The van der Waals surface area contributed by atoms with Crippen LogP contribution in [-0.2, 0) is 23.2 Å². The fraction of sp³-hybridized carbons (Fsp3) is 0.895. The maximum Gasteiger partial charge on any atom is 0.327 e. The van der Waals surface area contributed by atoms with Gasteiger partial charge >= 0.3 is 7.60 Å². The van der Waals surface area contributed by atoms with Crippen LogP contribution < -0.4 is 0 Å². The van der Waals surface area contributed by atoms with E-state index in [9.17, 15) is 14.2 Å². The van der Waals surface area contributed by atoms with Crippen molar-refractivity contribution in [2.45, 2.75) is 67.2 Å². The number of carbonyl (C=O) groups excluding carboxylic acids is 2. The third kappa shape index (κ3) is 14.8. The van der Waals surface area contributed by atoms with Crippen molar-refractivity contribution in [2.75, 3.05) is 31.4 Å². The molecule has 0 aliphatic carbocycles. The quantitative estimate of drug-likeness (QED) is 0.272. The third-order valence-electron chi connectivity index (χ3n) is 3.42. The molecule has 0 spiro atoms. The molecule has 8 heteroatoms. The maximum absolute atomic E-state index is 12.2. The van der Waals surface area contributed by atoms with Crippen LogP contribution in [0.25, 0.3) is 0 Å². The van der Waals surface area contributed by atoms with Gasteiger partial charge in [0.1, 0.15) is 0 Å². The Kier molecular flexibility index (Phi) is 12.8. The van der Waals surface area contributed by atoms with Gasteiger partial charge in [-0.2, -0.15) is 0 Å². The van der Waals surface area contributed by atoms with E-state index >= 15 is 0 Å². The summed E-state index contributed by atoms with van der Waals surface area (Å²) in [7, 11) is -3.03. The molecule has 0 saturated heterocycles. The molecule has 27 heavy (non-hydrogen) atoms. The van der Waals surface area contributed by atoms with Gasteiger partial charge in [0.25, 0.3) is 0 Å². The Morgan fingerprint density at radius 2 is 1.07 bits per heavy atom. The molecule has 160 valence electrons. The lowest BCUT2D eigenvalue weighted by atomic mass is 9.99. The van der Waals surface area contributed by atoms with Gasteiger partial charge < -0.3 is 9.05 Å². The van der Waals surface area contributed by atoms with Crippen molar-refractivity contribution in [3.8, 4) is 0 Å². The first-order valence-corrected chi connectivity index (χ1v) is 13.4. The van der Waals surface area contributed by atoms with Gasteiger partial charge in [0.05, 0.1) is 13.2 Å². The first-order chi connectivity index (χ1) is 12.3. The van der Waals surface area contributed by atoms with E-state index in [1.54, 1.807) is 0 Å². The van der Waals surface area contributed by atoms with Gasteiger partial charge in [-0.1, -0.05) is 65.1 Å². The van der Waals surface area contributed by atoms with Gasteiger partial charge in [-0.15, -0.1) is 0 Å². The van der Waals surface area contributed by atoms with Crippen LogP contribution in [0, 0.1) is 10.8 Å². The van der Waals surface area contributed by atoms with Crippen molar-refractivity contribution < 1.29 is 23.2 Å². The Bertz CT molecular complexity index is 467. The molecule has 0 rings (SSSR count). The minimum atomic E-state index is -3.03. The molecule has 0 radical (unpaired) electrons. The second kappa shape index (κ2) is 12.7. The van der Waals surface area contributed by atoms with Crippen molar-refractivity contribution in [1.29, 1.82) is 0 Å². The normalized spacial score (nSPS) is 13.0. The molecule has 0 N–H and O–H groups in total. The van der Waals surface area contributed by atoms with Crippen LogP contribution in [-0.4, -0.2) is 41.6 Å². The van der Waals surface area contributed by atoms with Gasteiger partial charge in [0.2, 0.25) is 0 Å². The summed E-state index contributed by atoms with van der Waals surface area (Å²) in [5.74, 6) is 1.50. The molecular formula is C19H37O5PS2. The van der Waals surface area contributed by atoms with Crippen LogP contribution in [0.1, 0.15) is 67.2 Å². The lowest BCUT2D eigenvalue weighted by Gasteiger charge is -2.16. The van der Waals surface area contributed by atoms with Crippen LogP contribution in [0.3, 0.4) is 0 Å². The molecule has 0 aliphatic heterocycles. The number of carbonyl (C=O) groups is 2. The lowest BCUT2D eigenvalue weighted by molar-refractivity contribution is -0.118. The Morgan fingerprint density at radius 1 is 0.741 bits per heavy atom. The molecule has 0 saturated carbocycles. The fourth-order valence-electron chi connectivity index (χ4n) is 1.67. The molecule has 0 unspecified atom stereocenters. The Morgan fingerprint density at radius 3 is 1.37 bits per heavy atom. The van der Waals surface area contributed by atoms with Crippen molar-refractivity contribution in [3.05, 3.63) is 0 Å². The predicted octanol–water partition coefficient (Wildman–Crippen LogP) is 6.01. The lowest BCUT2D eigenvalue weighted by Crippen LogP contribution is -2.16. The summed E-state index contributed by atoms with van der Waals surface area (Å²) in [4.78, 5) is 23.6. The number of rotatable bonds is 12. The largest absolute Gasteiger partial charge is 0.327 e. The topological polar surface area (TPSA) is 69.7 Å². The highest BCUT2D eigenvalue weighted by Gasteiger charge is 2.22. The Hall–Kier alpha value is 0.190. The standard InChI is InChI=1S/C19H37O5PS2/c1-18(2,3)16(20)26-14-10-8-12-23-25(7,22)24-13-9-11-15-27-17(21)19(4,5)6/h8-15H2,1-7H3. The molecular weight excluding hydrogens is 403 g/mol. The summed E-state index contributed by atoms with van der Waals surface area (Å²) in [6.45, 7) is 13.7. The molecule has 0 bridgehead atoms. The van der Waals surface area contributed by atoms with Crippen molar-refractivity contribution in [1.82, 2.24) is 0 Å². The average Bonchev–Trinajstić information content (AvgIpc) is 2.51. The highest BCUT2D eigenvalue weighted by atomic mass is 32.2. The van der Waals surface area contributed by atoms with Gasteiger partial charge in [0, 0.05) is 29.0 Å². The minimum Gasteiger partial charge on any atom is -0.309 e. The number of unbranched alkanes of at least 4 members (excludes halogenated alkanes) is 2. The highest BCUT2D eigenvalue weighted by Crippen LogP contribution is 2.44. The van der Waals surface area contributed by atoms with E-state index in [1.165, 1.54) is 30.2 Å². The van der Waals surface area contributed by atoms with Crippen LogP contribution >= 0.6 is 31.1 Å². The second-order valence-electron chi connectivity index (χ2n) is 8.62. The number of thioether (sulfide) groups is 2. The summed E-state index contributed by atoms with van der Waals surface area (Å²) < 4.78 is 22.9. The molecule has 0 atom stereocenters. The molecule has 0 fully saturated rings. The molecule has 0 aromatic carbocycles. The number of hydrogen-bond donors (Lipinski definition) is 0. The van der Waals surface area contributed by atoms with Crippen molar-refractivity contribution in [3.63, 3.8) is 0 Å². The Balaban J connectivity index is 3.71. The third-order valence-corrected chi connectivity index (χ3v) is 7.46. The van der Waals surface area contributed by atoms with Gasteiger partial charge in [-0.05, 0) is 25.7 Å². The summed E-state index contributed by atoms with van der Waals surface area (Å²) in [6, 6.07) is 0. The smallest absolute Gasteiger partial charge is 0.309 e. The van der Waals surface area contributed by atoms with E-state index in [1.807, 2.05) is 41.5 Å². The predicted molar refractivity (Wildman–Crippen MR) is 118 cm³/mol. The first kappa shape index (κ1) is 27.2. The van der Waals surface area contributed by atoms with E-state index in [-0.39, 0.29) is 21.1 Å². The highest BCUT2D eigenvalue weighted by molar-refractivity contribution is 8.14. The SMILES string of the molecule is CC(C)(C)C(=O)SCCCCOP(C)(=O)OCCCCSC(=O)C(C)(C)C. The van der Waals surface area contributed by atoms with E-state index in [4.69, 9.17) is 9.05 Å². The van der Waals surface area contributed by atoms with Crippen molar-refractivity contribution >= 4 is 41.4 Å². The summed E-state index contributed by atoms with van der Waals surface area (Å²) in [6.07, 6.45) is 3.17. The second-order valence-corrected chi connectivity index (χ2v) is 12.8. The van der Waals surface area contributed by atoms with Gasteiger partial charge in [0.15, 0.2) is 10.2 Å². The van der Waals surface area contributed by atoms with E-state index in [0.717, 1.165) is 37.2 Å².